The summed E-state index contributed by atoms with van der Waals surface area (Å²) in [7, 11) is 1.58. The van der Waals surface area contributed by atoms with E-state index in [1.165, 1.54) is 11.3 Å². The highest BCUT2D eigenvalue weighted by molar-refractivity contribution is 6.07. The monoisotopic (exact) mass is 539 g/mol. The van der Waals surface area contributed by atoms with Crippen LogP contribution >= 0.6 is 0 Å². The van der Waals surface area contributed by atoms with Crippen molar-refractivity contribution in [2.24, 2.45) is 5.92 Å². The van der Waals surface area contributed by atoms with Crippen LogP contribution in [0.3, 0.4) is 0 Å². The molecular weight excluding hydrogens is 506 g/mol. The molecule has 0 radical (unpaired) electrons. The van der Waals surface area contributed by atoms with Gasteiger partial charge in [0.05, 0.1) is 18.6 Å². The molecule has 3 atom stereocenters. The van der Waals surface area contributed by atoms with Crippen molar-refractivity contribution in [2.45, 2.75) is 62.4 Å². The van der Waals surface area contributed by atoms with Gasteiger partial charge < -0.3 is 25.3 Å². The molecule has 2 aromatic carbocycles. The maximum absolute atomic E-state index is 14.2. The number of nitrogens with zero attached hydrogens (tertiary/aromatic N) is 2. The summed E-state index contributed by atoms with van der Waals surface area (Å²) in [6.07, 6.45) is 6.12. The Hall–Kier alpha value is -4.32. The Morgan fingerprint density at radius 3 is 2.75 bits per heavy atom. The highest BCUT2D eigenvalue weighted by Gasteiger charge is 2.56. The Bertz CT molecular complexity index is 1520. The number of hydrogen-bond acceptors (Lipinski definition) is 5. The molecule has 9 heteroatoms. The largest absolute Gasteiger partial charge is 0.496 e. The smallest absolute Gasteiger partial charge is 0.268 e. The van der Waals surface area contributed by atoms with E-state index in [2.05, 4.69) is 21.7 Å². The fourth-order valence-corrected chi connectivity index (χ4v) is 6.83. The van der Waals surface area contributed by atoms with Gasteiger partial charge in [-0.25, -0.2) is 0 Å². The van der Waals surface area contributed by atoms with Gasteiger partial charge in [-0.15, -0.1) is 0 Å². The molecule has 6 rings (SSSR count). The summed E-state index contributed by atoms with van der Waals surface area (Å²) >= 11 is 0. The number of amides is 3. The zero-order chi connectivity index (χ0) is 27.9. The summed E-state index contributed by atoms with van der Waals surface area (Å²) in [4.78, 5) is 45.6. The normalized spacial score (nSPS) is 23.1. The molecule has 1 saturated carbocycles. The highest BCUT2D eigenvalue weighted by atomic mass is 16.5. The number of hydrogen-bond donors (Lipinski definition) is 3. The van der Waals surface area contributed by atoms with Gasteiger partial charge in [-0.05, 0) is 42.2 Å². The predicted molar refractivity (Wildman–Crippen MR) is 150 cm³/mol. The van der Waals surface area contributed by atoms with Crippen LogP contribution in [-0.4, -0.2) is 53.3 Å². The molecule has 1 aliphatic carbocycles. The number of ether oxygens (including phenoxy) is 1. The Morgan fingerprint density at radius 2 is 1.98 bits per heavy atom. The summed E-state index contributed by atoms with van der Waals surface area (Å²) in [6.45, 7) is 0.105. The van der Waals surface area contributed by atoms with Gasteiger partial charge in [-0.2, -0.15) is 5.26 Å². The van der Waals surface area contributed by atoms with E-state index >= 15 is 0 Å². The Labute approximate surface area is 232 Å². The molecule has 40 heavy (non-hydrogen) atoms. The number of rotatable bonds is 6. The molecule has 206 valence electrons. The van der Waals surface area contributed by atoms with Gasteiger partial charge in [0.1, 0.15) is 23.5 Å². The topological polar surface area (TPSA) is 127 Å². The molecule has 1 saturated heterocycles. The standard InChI is InChI=1S/C31H33N5O4/c1-40-27-13-7-12-23-21(27)15-25(33-23)28(37)34-26(14-19-8-3-2-4-9-19)29(38)36-18-31(16-20(36)17-32)22-10-5-6-11-24(22)35-30(31)39/h5-7,10-13,15,19-20,26,33H,2-4,8-9,14,16,18H2,1H3,(H,34,37)(H,35,39)/t20-,26-,31-/m0/s1. The Balaban J connectivity index is 1.29. The molecule has 3 N–H and O–H groups in total. The minimum absolute atomic E-state index is 0.105. The summed E-state index contributed by atoms with van der Waals surface area (Å²) < 4.78 is 5.44. The fraction of sp³-hybridized carbons (Fsp3) is 0.419. The number of carbonyl (C=O) groups excluding carboxylic acids is 3. The first-order valence-electron chi connectivity index (χ1n) is 14.0. The number of aromatic amines is 1. The lowest BCUT2D eigenvalue weighted by Crippen LogP contribution is -2.51. The first-order valence-corrected chi connectivity index (χ1v) is 14.0. The van der Waals surface area contributed by atoms with Crippen LogP contribution in [0.5, 0.6) is 5.75 Å². The minimum Gasteiger partial charge on any atom is -0.496 e. The SMILES string of the molecule is COc1cccc2[nH]c(C(=O)N[C@@H](CC3CCCCC3)C(=O)N3C[C@]4(C[C@H]3C#N)C(=O)Nc3ccccc34)cc12. The van der Waals surface area contributed by atoms with Crippen molar-refractivity contribution in [3.63, 3.8) is 0 Å². The summed E-state index contributed by atoms with van der Waals surface area (Å²) in [5.74, 6) is 0.0616. The molecule has 0 unspecified atom stereocenters. The number of anilines is 1. The third-order valence-electron chi connectivity index (χ3n) is 8.90. The van der Waals surface area contributed by atoms with Gasteiger partial charge in [0.25, 0.3) is 5.91 Å². The van der Waals surface area contributed by atoms with E-state index in [0.29, 0.717) is 23.8 Å². The molecule has 0 bridgehead atoms. The highest BCUT2D eigenvalue weighted by Crippen LogP contribution is 2.46. The Kier molecular flexibility index (Phi) is 6.70. The van der Waals surface area contributed by atoms with Gasteiger partial charge in [0.2, 0.25) is 11.8 Å². The van der Waals surface area contributed by atoms with Gasteiger partial charge in [-0.3, -0.25) is 14.4 Å². The molecule has 9 nitrogen and oxygen atoms in total. The molecule has 1 spiro atoms. The second-order valence-corrected chi connectivity index (χ2v) is 11.3. The van der Waals surface area contributed by atoms with Crippen LogP contribution in [0.25, 0.3) is 10.9 Å². The second kappa shape index (κ2) is 10.3. The van der Waals surface area contributed by atoms with E-state index in [1.807, 2.05) is 42.5 Å². The molecule has 3 heterocycles. The van der Waals surface area contributed by atoms with E-state index < -0.39 is 23.4 Å². The maximum Gasteiger partial charge on any atom is 0.268 e. The van der Waals surface area contributed by atoms with E-state index in [9.17, 15) is 19.6 Å². The van der Waals surface area contributed by atoms with Gasteiger partial charge in [0, 0.05) is 29.6 Å². The maximum atomic E-state index is 14.2. The van der Waals surface area contributed by atoms with Crippen LogP contribution in [0.2, 0.25) is 0 Å². The first kappa shape index (κ1) is 25.9. The molecule has 1 aromatic heterocycles. The zero-order valence-corrected chi connectivity index (χ0v) is 22.5. The number of carbonyl (C=O) groups is 3. The fourth-order valence-electron chi connectivity index (χ4n) is 6.83. The van der Waals surface area contributed by atoms with Crippen LogP contribution in [0.4, 0.5) is 5.69 Å². The molecule has 3 aliphatic rings. The number of fused-ring (bicyclic) bond motifs is 3. The molecule has 3 amide bonds. The third kappa shape index (κ3) is 4.37. The summed E-state index contributed by atoms with van der Waals surface area (Å²) in [6, 6.07) is 15.4. The number of H-pyrrole nitrogens is 1. The predicted octanol–water partition coefficient (Wildman–Crippen LogP) is 4.26. The van der Waals surface area contributed by atoms with Gasteiger partial charge >= 0.3 is 0 Å². The number of benzene rings is 2. The molecule has 3 aromatic rings. The average molecular weight is 540 g/mol. The molecule has 2 fully saturated rings. The lowest BCUT2D eigenvalue weighted by atomic mass is 9.80. The number of para-hydroxylation sites is 1. The lowest BCUT2D eigenvalue weighted by molar-refractivity contribution is -0.134. The van der Waals surface area contributed by atoms with Crippen molar-refractivity contribution >= 4 is 34.3 Å². The van der Waals surface area contributed by atoms with Gasteiger partial charge in [-0.1, -0.05) is 56.4 Å². The average Bonchev–Trinajstić information content (AvgIpc) is 3.67. The van der Waals surface area contributed by atoms with Crippen LogP contribution in [0.1, 0.15) is 61.0 Å². The van der Waals surface area contributed by atoms with E-state index in [0.717, 1.165) is 47.8 Å². The van der Waals surface area contributed by atoms with Crippen LogP contribution < -0.4 is 15.4 Å². The number of aromatic nitrogens is 1. The second-order valence-electron chi connectivity index (χ2n) is 11.3. The number of nitriles is 1. The van der Waals surface area contributed by atoms with E-state index in [1.54, 1.807) is 13.2 Å². The van der Waals surface area contributed by atoms with Crippen molar-refractivity contribution < 1.29 is 19.1 Å². The van der Waals surface area contributed by atoms with Crippen molar-refractivity contribution in [1.29, 1.82) is 5.26 Å². The lowest BCUT2D eigenvalue weighted by Gasteiger charge is -2.31. The number of likely N-dealkylation sites (tertiary alicyclic amines) is 1. The number of methoxy groups -OCH3 is 1. The van der Waals surface area contributed by atoms with E-state index in [-0.39, 0.29) is 24.8 Å². The summed E-state index contributed by atoms with van der Waals surface area (Å²) in [5.41, 5.74) is 1.66. The van der Waals surface area contributed by atoms with Crippen molar-refractivity contribution in [1.82, 2.24) is 15.2 Å². The zero-order valence-electron chi connectivity index (χ0n) is 22.5. The Morgan fingerprint density at radius 1 is 1.18 bits per heavy atom. The van der Waals surface area contributed by atoms with Crippen molar-refractivity contribution in [3.05, 3.63) is 59.8 Å². The minimum atomic E-state index is -0.972. The van der Waals surface area contributed by atoms with Crippen LogP contribution in [0, 0.1) is 17.2 Å². The molecular formula is C31H33N5O4. The van der Waals surface area contributed by atoms with Crippen molar-refractivity contribution in [3.8, 4) is 11.8 Å². The molecule has 2 aliphatic heterocycles. The first-order chi connectivity index (χ1) is 19.4. The van der Waals surface area contributed by atoms with Crippen LogP contribution in [-0.2, 0) is 15.0 Å². The van der Waals surface area contributed by atoms with E-state index in [4.69, 9.17) is 4.74 Å². The van der Waals surface area contributed by atoms with Gasteiger partial charge in [0.15, 0.2) is 0 Å². The quantitative estimate of drug-likeness (QED) is 0.431. The number of nitrogens with one attached hydrogen (secondary N) is 3. The van der Waals surface area contributed by atoms with Crippen molar-refractivity contribution in [2.75, 3.05) is 19.0 Å². The summed E-state index contributed by atoms with van der Waals surface area (Å²) in [5, 5.41) is 16.8. The third-order valence-corrected chi connectivity index (χ3v) is 8.90. The van der Waals surface area contributed by atoms with Crippen LogP contribution in [0.15, 0.2) is 48.5 Å².